The standard InChI is InChI=1S/C16H21ClN2O2/c1-4-19(3)10-18-15-7-11(2)13(8-14(15)17)16(20)21-9-12-5-6-12/h7-8,10,12H,4-6,9H2,1-3H3. The number of esters is 1. The largest absolute Gasteiger partial charge is 0.462 e. The second-order valence-corrected chi connectivity index (χ2v) is 5.89. The lowest BCUT2D eigenvalue weighted by molar-refractivity contribution is 0.0485. The van der Waals surface area contributed by atoms with Gasteiger partial charge in [0.15, 0.2) is 0 Å². The number of benzene rings is 1. The van der Waals surface area contributed by atoms with Gasteiger partial charge < -0.3 is 9.64 Å². The maximum absolute atomic E-state index is 12.0. The van der Waals surface area contributed by atoms with Crippen LogP contribution in [-0.4, -0.2) is 37.4 Å². The molecule has 5 heteroatoms. The molecule has 1 aromatic rings. The first-order valence-electron chi connectivity index (χ1n) is 7.23. The second-order valence-electron chi connectivity index (χ2n) is 5.48. The van der Waals surface area contributed by atoms with Crippen molar-refractivity contribution in [3.05, 3.63) is 28.3 Å². The topological polar surface area (TPSA) is 41.9 Å². The molecule has 4 nitrogen and oxygen atoms in total. The lowest BCUT2D eigenvalue weighted by atomic mass is 10.1. The number of nitrogens with zero attached hydrogens (tertiary/aromatic N) is 2. The number of carbonyl (C=O) groups is 1. The van der Waals surface area contributed by atoms with Gasteiger partial charge in [0, 0.05) is 13.6 Å². The van der Waals surface area contributed by atoms with Gasteiger partial charge in [-0.1, -0.05) is 11.6 Å². The smallest absolute Gasteiger partial charge is 0.338 e. The molecule has 1 aliphatic rings. The van der Waals surface area contributed by atoms with E-state index < -0.39 is 0 Å². The van der Waals surface area contributed by atoms with Gasteiger partial charge in [0.05, 0.1) is 29.2 Å². The lowest BCUT2D eigenvalue weighted by Gasteiger charge is -2.11. The van der Waals surface area contributed by atoms with E-state index in [1.54, 1.807) is 12.4 Å². The highest BCUT2D eigenvalue weighted by Crippen LogP contribution is 2.31. The predicted octanol–water partition coefficient (Wildman–Crippen LogP) is 3.83. The summed E-state index contributed by atoms with van der Waals surface area (Å²) in [6, 6.07) is 3.46. The Balaban J connectivity index is 2.11. The maximum Gasteiger partial charge on any atom is 0.338 e. The van der Waals surface area contributed by atoms with Gasteiger partial charge >= 0.3 is 5.97 Å². The Kier molecular flexibility index (Phi) is 5.23. The molecule has 2 rings (SSSR count). The summed E-state index contributed by atoms with van der Waals surface area (Å²) in [7, 11) is 1.94. The van der Waals surface area contributed by atoms with Gasteiger partial charge in [-0.25, -0.2) is 9.79 Å². The van der Waals surface area contributed by atoms with Gasteiger partial charge in [-0.2, -0.15) is 0 Å². The molecule has 0 atom stereocenters. The first kappa shape index (κ1) is 15.8. The molecule has 1 saturated carbocycles. The molecule has 0 heterocycles. The van der Waals surface area contributed by atoms with Crippen LogP contribution in [0.25, 0.3) is 0 Å². The highest BCUT2D eigenvalue weighted by Gasteiger charge is 2.24. The van der Waals surface area contributed by atoms with E-state index in [1.165, 1.54) is 0 Å². The zero-order valence-corrected chi connectivity index (χ0v) is 13.5. The van der Waals surface area contributed by atoms with Crippen molar-refractivity contribution in [3.8, 4) is 0 Å². The van der Waals surface area contributed by atoms with E-state index >= 15 is 0 Å². The molecule has 1 fully saturated rings. The molecule has 0 bridgehead atoms. The SMILES string of the molecule is CCN(C)C=Nc1cc(C)c(C(=O)OCC2CC2)cc1Cl. The van der Waals surface area contributed by atoms with Gasteiger partial charge in [0.2, 0.25) is 0 Å². The summed E-state index contributed by atoms with van der Waals surface area (Å²) in [6.07, 6.45) is 4.04. The van der Waals surface area contributed by atoms with Crippen molar-refractivity contribution in [2.75, 3.05) is 20.2 Å². The van der Waals surface area contributed by atoms with Crippen LogP contribution in [-0.2, 0) is 4.74 Å². The Morgan fingerprint density at radius 1 is 1.52 bits per heavy atom. The molecular formula is C16H21ClN2O2. The fourth-order valence-corrected chi connectivity index (χ4v) is 2.00. The van der Waals surface area contributed by atoms with Gasteiger partial charge in [-0.05, 0) is 50.3 Å². The third kappa shape index (κ3) is 4.46. The van der Waals surface area contributed by atoms with Crippen LogP contribution in [0, 0.1) is 12.8 Å². The highest BCUT2D eigenvalue weighted by molar-refractivity contribution is 6.33. The second kappa shape index (κ2) is 6.94. The summed E-state index contributed by atoms with van der Waals surface area (Å²) in [6.45, 7) is 5.28. The summed E-state index contributed by atoms with van der Waals surface area (Å²) >= 11 is 6.21. The Morgan fingerprint density at radius 3 is 2.86 bits per heavy atom. The van der Waals surface area contributed by atoms with Crippen molar-refractivity contribution in [3.63, 3.8) is 0 Å². The molecule has 0 spiro atoms. The minimum Gasteiger partial charge on any atom is -0.462 e. The summed E-state index contributed by atoms with van der Waals surface area (Å²) in [5, 5.41) is 0.458. The van der Waals surface area contributed by atoms with Crippen LogP contribution in [0.5, 0.6) is 0 Å². The number of aliphatic imine (C=N–C) groups is 1. The van der Waals surface area contributed by atoms with E-state index in [-0.39, 0.29) is 5.97 Å². The Morgan fingerprint density at radius 2 is 2.24 bits per heavy atom. The lowest BCUT2D eigenvalue weighted by Crippen LogP contribution is -2.14. The van der Waals surface area contributed by atoms with E-state index in [1.807, 2.05) is 31.9 Å². The van der Waals surface area contributed by atoms with Crippen LogP contribution in [0.2, 0.25) is 5.02 Å². The van der Waals surface area contributed by atoms with E-state index in [0.29, 0.717) is 28.8 Å². The molecule has 0 aromatic heterocycles. The van der Waals surface area contributed by atoms with Crippen LogP contribution < -0.4 is 0 Å². The zero-order valence-electron chi connectivity index (χ0n) is 12.7. The van der Waals surface area contributed by atoms with E-state index in [9.17, 15) is 4.79 Å². The molecule has 1 aromatic carbocycles. The number of halogens is 1. The number of hydrogen-bond donors (Lipinski definition) is 0. The van der Waals surface area contributed by atoms with Gasteiger partial charge in [0.1, 0.15) is 0 Å². The van der Waals surface area contributed by atoms with Crippen LogP contribution in [0.1, 0.15) is 35.7 Å². The quantitative estimate of drug-likeness (QED) is 0.456. The zero-order chi connectivity index (χ0) is 15.4. The van der Waals surface area contributed by atoms with Crippen molar-refractivity contribution in [2.45, 2.75) is 26.7 Å². The first-order valence-corrected chi connectivity index (χ1v) is 7.60. The van der Waals surface area contributed by atoms with Crippen LogP contribution >= 0.6 is 11.6 Å². The fraction of sp³-hybridized carbons (Fsp3) is 0.500. The normalized spacial score (nSPS) is 14.5. The van der Waals surface area contributed by atoms with Crippen molar-refractivity contribution in [1.82, 2.24) is 4.90 Å². The summed E-state index contributed by atoms with van der Waals surface area (Å²) in [5.74, 6) is 0.251. The van der Waals surface area contributed by atoms with Crippen LogP contribution in [0.3, 0.4) is 0 Å². The Labute approximate surface area is 130 Å². The number of aryl methyl sites for hydroxylation is 1. The first-order chi connectivity index (χ1) is 10.0. The number of carbonyl (C=O) groups excluding carboxylic acids is 1. The number of rotatable bonds is 6. The molecule has 1 aliphatic carbocycles. The van der Waals surface area contributed by atoms with Crippen molar-refractivity contribution in [1.29, 1.82) is 0 Å². The Hall–Kier alpha value is -1.55. The average Bonchev–Trinajstić information content (AvgIpc) is 3.29. The van der Waals surface area contributed by atoms with E-state index in [4.69, 9.17) is 16.3 Å². The number of hydrogen-bond acceptors (Lipinski definition) is 3. The summed E-state index contributed by atoms with van der Waals surface area (Å²) in [5.41, 5.74) is 2.00. The minimum atomic E-state index is -0.303. The van der Waals surface area contributed by atoms with Gasteiger partial charge in [0.25, 0.3) is 0 Å². The molecular weight excluding hydrogens is 288 g/mol. The minimum absolute atomic E-state index is 0.303. The third-order valence-electron chi connectivity index (χ3n) is 3.55. The van der Waals surface area contributed by atoms with E-state index in [0.717, 1.165) is 24.9 Å². The monoisotopic (exact) mass is 308 g/mol. The molecule has 0 radical (unpaired) electrons. The van der Waals surface area contributed by atoms with Crippen molar-refractivity contribution in [2.24, 2.45) is 10.9 Å². The van der Waals surface area contributed by atoms with E-state index in [2.05, 4.69) is 4.99 Å². The fourth-order valence-electron chi connectivity index (χ4n) is 1.78. The van der Waals surface area contributed by atoms with Crippen LogP contribution in [0.4, 0.5) is 5.69 Å². The Bertz CT molecular complexity index is 553. The summed E-state index contributed by atoms with van der Waals surface area (Å²) in [4.78, 5) is 18.3. The maximum atomic E-state index is 12.0. The summed E-state index contributed by atoms with van der Waals surface area (Å²) < 4.78 is 5.30. The molecule has 0 saturated heterocycles. The van der Waals surface area contributed by atoms with Gasteiger partial charge in [-0.3, -0.25) is 0 Å². The average molecular weight is 309 g/mol. The molecule has 0 unspecified atom stereocenters. The van der Waals surface area contributed by atoms with Crippen molar-refractivity contribution < 1.29 is 9.53 Å². The van der Waals surface area contributed by atoms with Gasteiger partial charge in [-0.15, -0.1) is 0 Å². The molecule has 0 amide bonds. The molecule has 114 valence electrons. The third-order valence-corrected chi connectivity index (χ3v) is 3.86. The number of ether oxygens (including phenoxy) is 1. The molecule has 21 heavy (non-hydrogen) atoms. The molecule has 0 aliphatic heterocycles. The molecule has 0 N–H and O–H groups in total. The van der Waals surface area contributed by atoms with Crippen LogP contribution in [0.15, 0.2) is 17.1 Å². The van der Waals surface area contributed by atoms with Crippen molar-refractivity contribution >= 4 is 29.6 Å². The highest BCUT2D eigenvalue weighted by atomic mass is 35.5. The predicted molar refractivity (Wildman–Crippen MR) is 85.7 cm³/mol.